The summed E-state index contributed by atoms with van der Waals surface area (Å²) in [5, 5.41) is 0.660. The van der Waals surface area contributed by atoms with Gasteiger partial charge in [0.05, 0.1) is 5.69 Å². The summed E-state index contributed by atoms with van der Waals surface area (Å²) in [6.45, 7) is 2.75. The number of amides is 2. The molecule has 1 aromatic carbocycles. The first-order valence-corrected chi connectivity index (χ1v) is 8.55. The number of carbonyl (C=O) groups is 2. The zero-order valence-electron chi connectivity index (χ0n) is 12.5. The van der Waals surface area contributed by atoms with Crippen molar-refractivity contribution in [3.63, 3.8) is 0 Å². The van der Waals surface area contributed by atoms with E-state index in [9.17, 15) is 9.59 Å². The number of benzene rings is 1. The lowest BCUT2D eigenvalue weighted by molar-refractivity contribution is -0.121. The molecule has 4 nitrogen and oxygen atoms in total. The quantitative estimate of drug-likeness (QED) is 0.730. The normalized spacial score (nSPS) is 22.3. The fraction of sp³-hybridized carbons (Fsp3) is 0.375. The zero-order valence-corrected chi connectivity index (χ0v) is 14.8. The highest BCUT2D eigenvalue weighted by molar-refractivity contribution is 6.52. The molecule has 3 rings (SSSR count). The standard InChI is InChI=1S/C16H15Cl3N2O2/c1-9-4-2-3-5-20(9)14-13(19)15(22)21(16(14)23)12-7-10(17)6-11(18)8-12/h6-9H,2-5H2,1H3. The van der Waals surface area contributed by atoms with Gasteiger partial charge in [-0.15, -0.1) is 0 Å². The van der Waals surface area contributed by atoms with Gasteiger partial charge in [-0.1, -0.05) is 34.8 Å². The molecule has 122 valence electrons. The molecule has 1 saturated heterocycles. The van der Waals surface area contributed by atoms with Crippen LogP contribution in [0.4, 0.5) is 5.69 Å². The van der Waals surface area contributed by atoms with Gasteiger partial charge in [0, 0.05) is 22.6 Å². The third-order valence-electron chi connectivity index (χ3n) is 4.20. The lowest BCUT2D eigenvalue weighted by Crippen LogP contribution is -2.41. The van der Waals surface area contributed by atoms with Crippen LogP contribution in [0.5, 0.6) is 0 Å². The van der Waals surface area contributed by atoms with Crippen molar-refractivity contribution in [1.29, 1.82) is 0 Å². The number of piperidine rings is 1. The molecule has 1 aromatic rings. The van der Waals surface area contributed by atoms with Crippen molar-refractivity contribution in [2.24, 2.45) is 0 Å². The Morgan fingerprint density at radius 3 is 2.26 bits per heavy atom. The van der Waals surface area contributed by atoms with Crippen LogP contribution in [0.2, 0.25) is 10.0 Å². The molecule has 2 heterocycles. The van der Waals surface area contributed by atoms with Crippen LogP contribution in [0, 0.1) is 0 Å². The van der Waals surface area contributed by atoms with Crippen LogP contribution in [0.25, 0.3) is 0 Å². The molecule has 2 aliphatic heterocycles. The van der Waals surface area contributed by atoms with Gasteiger partial charge in [0.2, 0.25) is 0 Å². The highest BCUT2D eigenvalue weighted by Crippen LogP contribution is 2.36. The Labute approximate surface area is 149 Å². The van der Waals surface area contributed by atoms with Crippen LogP contribution >= 0.6 is 34.8 Å². The van der Waals surface area contributed by atoms with Crippen molar-refractivity contribution in [2.75, 3.05) is 11.4 Å². The summed E-state index contributed by atoms with van der Waals surface area (Å²) in [7, 11) is 0. The molecule has 0 aromatic heterocycles. The first-order chi connectivity index (χ1) is 10.9. The maximum atomic E-state index is 12.8. The summed E-state index contributed by atoms with van der Waals surface area (Å²) in [4.78, 5) is 28.3. The van der Waals surface area contributed by atoms with Crippen LogP contribution in [0.15, 0.2) is 28.9 Å². The van der Waals surface area contributed by atoms with E-state index in [0.29, 0.717) is 15.7 Å². The SMILES string of the molecule is CC1CCCCN1C1=C(Cl)C(=O)N(c2cc(Cl)cc(Cl)c2)C1=O. The lowest BCUT2D eigenvalue weighted by atomic mass is 10.0. The first-order valence-electron chi connectivity index (χ1n) is 7.41. The smallest absolute Gasteiger partial charge is 0.283 e. The molecule has 0 aliphatic carbocycles. The molecule has 0 saturated carbocycles. The van der Waals surface area contributed by atoms with Gasteiger partial charge in [0.1, 0.15) is 10.7 Å². The third-order valence-corrected chi connectivity index (χ3v) is 4.98. The minimum absolute atomic E-state index is 0.0418. The van der Waals surface area contributed by atoms with Gasteiger partial charge in [0.15, 0.2) is 0 Å². The van der Waals surface area contributed by atoms with E-state index in [0.717, 1.165) is 30.7 Å². The van der Waals surface area contributed by atoms with Crippen LogP contribution in [-0.2, 0) is 9.59 Å². The Hall–Kier alpha value is -1.23. The summed E-state index contributed by atoms with van der Waals surface area (Å²) in [5.74, 6) is -0.963. The summed E-state index contributed by atoms with van der Waals surface area (Å²) >= 11 is 18.2. The van der Waals surface area contributed by atoms with E-state index < -0.39 is 11.8 Å². The number of carbonyl (C=O) groups excluding carboxylic acids is 2. The van der Waals surface area contributed by atoms with E-state index in [1.54, 1.807) is 6.07 Å². The predicted molar refractivity (Wildman–Crippen MR) is 91.9 cm³/mol. The van der Waals surface area contributed by atoms with Gasteiger partial charge in [-0.25, -0.2) is 4.90 Å². The zero-order chi connectivity index (χ0) is 16.7. The van der Waals surface area contributed by atoms with E-state index in [-0.39, 0.29) is 16.8 Å². The van der Waals surface area contributed by atoms with Gasteiger partial charge in [-0.2, -0.15) is 0 Å². The number of hydrogen-bond acceptors (Lipinski definition) is 3. The minimum Gasteiger partial charge on any atom is -0.363 e. The molecule has 23 heavy (non-hydrogen) atoms. The Balaban J connectivity index is 1.98. The van der Waals surface area contributed by atoms with Crippen molar-refractivity contribution in [2.45, 2.75) is 32.2 Å². The number of rotatable bonds is 2. The van der Waals surface area contributed by atoms with Crippen molar-refractivity contribution in [1.82, 2.24) is 4.90 Å². The molecular weight excluding hydrogens is 359 g/mol. The van der Waals surface area contributed by atoms with Crippen molar-refractivity contribution >= 4 is 52.3 Å². The minimum atomic E-state index is -0.539. The topological polar surface area (TPSA) is 40.6 Å². The summed E-state index contributed by atoms with van der Waals surface area (Å²) in [6, 6.07) is 4.76. The third kappa shape index (κ3) is 2.95. The number of halogens is 3. The predicted octanol–water partition coefficient (Wildman–Crippen LogP) is 4.19. The van der Waals surface area contributed by atoms with Crippen molar-refractivity contribution in [3.8, 4) is 0 Å². The van der Waals surface area contributed by atoms with Gasteiger partial charge in [-0.3, -0.25) is 9.59 Å². The Morgan fingerprint density at radius 1 is 1.00 bits per heavy atom. The van der Waals surface area contributed by atoms with Crippen LogP contribution in [0.3, 0.4) is 0 Å². The molecular formula is C16H15Cl3N2O2. The van der Waals surface area contributed by atoms with Crippen LogP contribution in [-0.4, -0.2) is 29.3 Å². The molecule has 1 unspecified atom stereocenters. The fourth-order valence-corrected chi connectivity index (χ4v) is 3.86. The summed E-state index contributed by atoms with van der Waals surface area (Å²) in [6.07, 6.45) is 3.05. The molecule has 1 fully saturated rings. The average Bonchev–Trinajstić information content (AvgIpc) is 2.69. The van der Waals surface area contributed by atoms with Crippen molar-refractivity contribution in [3.05, 3.63) is 39.0 Å². The van der Waals surface area contributed by atoms with Gasteiger partial charge < -0.3 is 4.90 Å². The second-order valence-electron chi connectivity index (χ2n) is 5.77. The molecule has 1 atom stereocenters. The summed E-state index contributed by atoms with van der Waals surface area (Å²) < 4.78 is 0. The maximum Gasteiger partial charge on any atom is 0.283 e. The highest BCUT2D eigenvalue weighted by Gasteiger charge is 2.42. The van der Waals surface area contributed by atoms with Crippen molar-refractivity contribution < 1.29 is 9.59 Å². The summed E-state index contributed by atoms with van der Waals surface area (Å²) in [5.41, 5.74) is 0.607. The Kier molecular flexibility index (Phi) is 4.59. The van der Waals surface area contributed by atoms with E-state index in [2.05, 4.69) is 0 Å². The number of anilines is 1. The molecule has 2 aliphatic rings. The molecule has 0 radical (unpaired) electrons. The Bertz CT molecular complexity index is 697. The molecule has 2 amide bonds. The van der Waals surface area contributed by atoms with E-state index in [1.165, 1.54) is 12.1 Å². The molecule has 7 heteroatoms. The largest absolute Gasteiger partial charge is 0.363 e. The number of nitrogens with zero attached hydrogens (tertiary/aromatic N) is 2. The van der Waals surface area contributed by atoms with Gasteiger partial charge in [-0.05, 0) is 44.4 Å². The lowest BCUT2D eigenvalue weighted by Gasteiger charge is -2.35. The number of imide groups is 1. The molecule has 0 N–H and O–H groups in total. The molecule has 0 bridgehead atoms. The molecule has 0 spiro atoms. The van der Waals surface area contributed by atoms with E-state index in [4.69, 9.17) is 34.8 Å². The van der Waals surface area contributed by atoms with E-state index >= 15 is 0 Å². The monoisotopic (exact) mass is 372 g/mol. The van der Waals surface area contributed by atoms with Gasteiger partial charge >= 0.3 is 0 Å². The van der Waals surface area contributed by atoms with Crippen LogP contribution < -0.4 is 4.90 Å². The maximum absolute atomic E-state index is 12.8. The second-order valence-corrected chi connectivity index (χ2v) is 7.02. The Morgan fingerprint density at radius 2 is 1.65 bits per heavy atom. The number of hydrogen-bond donors (Lipinski definition) is 0. The van der Waals surface area contributed by atoms with Gasteiger partial charge in [0.25, 0.3) is 11.8 Å². The van der Waals surface area contributed by atoms with Crippen LogP contribution in [0.1, 0.15) is 26.2 Å². The average molecular weight is 374 g/mol. The van der Waals surface area contributed by atoms with E-state index in [1.807, 2.05) is 11.8 Å². The highest BCUT2D eigenvalue weighted by atomic mass is 35.5. The number of likely N-dealkylation sites (tertiary alicyclic amines) is 1. The second kappa shape index (κ2) is 6.34. The fourth-order valence-electron chi connectivity index (χ4n) is 3.07. The first kappa shape index (κ1) is 16.6.